The van der Waals surface area contributed by atoms with Crippen molar-refractivity contribution in [1.29, 1.82) is 0 Å². The van der Waals surface area contributed by atoms with Gasteiger partial charge in [-0.15, -0.1) is 0 Å². The van der Waals surface area contributed by atoms with Gasteiger partial charge in [0.15, 0.2) is 0 Å². The SMILES string of the molecule is CC1=C(COC(=O)C(C)C)Cc2ccccc21. The Balaban J connectivity index is 2.06. The van der Waals surface area contributed by atoms with E-state index in [1.165, 1.54) is 22.3 Å². The highest BCUT2D eigenvalue weighted by atomic mass is 16.5. The Morgan fingerprint density at radius 1 is 1.35 bits per heavy atom. The topological polar surface area (TPSA) is 26.3 Å². The zero-order chi connectivity index (χ0) is 12.4. The summed E-state index contributed by atoms with van der Waals surface area (Å²) in [4.78, 5) is 11.4. The second-order valence-corrected chi connectivity index (χ2v) is 4.82. The van der Waals surface area contributed by atoms with E-state index >= 15 is 0 Å². The van der Waals surface area contributed by atoms with E-state index in [0.29, 0.717) is 6.61 Å². The molecule has 0 spiro atoms. The fourth-order valence-corrected chi connectivity index (χ4v) is 2.08. The lowest BCUT2D eigenvalue weighted by Crippen LogP contribution is -2.13. The summed E-state index contributed by atoms with van der Waals surface area (Å²) < 4.78 is 5.29. The minimum absolute atomic E-state index is 0.0558. The van der Waals surface area contributed by atoms with Gasteiger partial charge in [-0.2, -0.15) is 0 Å². The van der Waals surface area contributed by atoms with Crippen molar-refractivity contribution in [1.82, 2.24) is 0 Å². The quantitative estimate of drug-likeness (QED) is 0.745. The molecule has 2 heteroatoms. The summed E-state index contributed by atoms with van der Waals surface area (Å²) in [6.45, 7) is 6.24. The summed E-state index contributed by atoms with van der Waals surface area (Å²) >= 11 is 0. The number of esters is 1. The highest BCUT2D eigenvalue weighted by Gasteiger charge is 2.19. The molecule has 0 aromatic heterocycles. The van der Waals surface area contributed by atoms with E-state index in [-0.39, 0.29) is 11.9 Å². The van der Waals surface area contributed by atoms with Crippen molar-refractivity contribution in [2.75, 3.05) is 6.61 Å². The van der Waals surface area contributed by atoms with Gasteiger partial charge >= 0.3 is 5.97 Å². The second kappa shape index (κ2) is 4.74. The summed E-state index contributed by atoms with van der Waals surface area (Å²) in [5.41, 5.74) is 5.11. The summed E-state index contributed by atoms with van der Waals surface area (Å²) in [7, 11) is 0. The van der Waals surface area contributed by atoms with E-state index in [1.807, 2.05) is 19.9 Å². The van der Waals surface area contributed by atoms with Crippen LogP contribution < -0.4 is 0 Å². The zero-order valence-electron chi connectivity index (χ0n) is 10.6. The third-order valence-corrected chi connectivity index (χ3v) is 3.22. The van der Waals surface area contributed by atoms with Crippen LogP contribution in [0.5, 0.6) is 0 Å². The highest BCUT2D eigenvalue weighted by Crippen LogP contribution is 2.32. The number of hydrogen-bond donors (Lipinski definition) is 0. The Bertz CT molecular complexity index is 470. The van der Waals surface area contributed by atoms with Crippen LogP contribution in [0.1, 0.15) is 31.9 Å². The van der Waals surface area contributed by atoms with Crippen LogP contribution in [0.15, 0.2) is 29.8 Å². The van der Waals surface area contributed by atoms with Crippen molar-refractivity contribution in [3.63, 3.8) is 0 Å². The molecule has 0 unspecified atom stereocenters. The molecular weight excluding hydrogens is 212 g/mol. The first-order valence-corrected chi connectivity index (χ1v) is 6.03. The molecule has 17 heavy (non-hydrogen) atoms. The summed E-state index contributed by atoms with van der Waals surface area (Å²) in [5.74, 6) is -0.180. The monoisotopic (exact) mass is 230 g/mol. The number of rotatable bonds is 3. The average molecular weight is 230 g/mol. The van der Waals surface area contributed by atoms with Gasteiger partial charge in [0.1, 0.15) is 6.61 Å². The number of benzene rings is 1. The second-order valence-electron chi connectivity index (χ2n) is 4.82. The summed E-state index contributed by atoms with van der Waals surface area (Å²) in [5, 5.41) is 0. The minimum Gasteiger partial charge on any atom is -0.461 e. The van der Waals surface area contributed by atoms with Crippen LogP contribution in [0, 0.1) is 5.92 Å². The lowest BCUT2D eigenvalue weighted by atomic mass is 10.1. The van der Waals surface area contributed by atoms with Crippen LogP contribution in [0.2, 0.25) is 0 Å². The largest absolute Gasteiger partial charge is 0.461 e. The first kappa shape index (κ1) is 11.9. The molecule has 1 aliphatic rings. The molecule has 0 N–H and O–H groups in total. The molecule has 0 bridgehead atoms. The molecule has 2 rings (SSSR count). The Morgan fingerprint density at radius 3 is 2.71 bits per heavy atom. The average Bonchev–Trinajstić information content (AvgIpc) is 2.64. The van der Waals surface area contributed by atoms with E-state index < -0.39 is 0 Å². The third kappa shape index (κ3) is 2.41. The predicted octanol–water partition coefficient (Wildman–Crippen LogP) is 3.22. The lowest BCUT2D eigenvalue weighted by Gasteiger charge is -2.08. The van der Waals surface area contributed by atoms with Crippen LogP contribution in [0.25, 0.3) is 5.57 Å². The highest BCUT2D eigenvalue weighted by molar-refractivity contribution is 5.76. The van der Waals surface area contributed by atoms with Gasteiger partial charge in [-0.1, -0.05) is 38.1 Å². The number of carbonyl (C=O) groups is 1. The van der Waals surface area contributed by atoms with Crippen molar-refractivity contribution in [3.05, 3.63) is 41.0 Å². The molecule has 0 saturated heterocycles. The molecule has 0 heterocycles. The number of carbonyl (C=O) groups excluding carboxylic acids is 1. The molecule has 1 aromatic carbocycles. The number of allylic oxidation sites excluding steroid dienone is 1. The normalized spacial score (nSPS) is 14.1. The molecule has 0 atom stereocenters. The van der Waals surface area contributed by atoms with Gasteiger partial charge in [0, 0.05) is 0 Å². The van der Waals surface area contributed by atoms with Gasteiger partial charge in [-0.05, 0) is 35.6 Å². The minimum atomic E-state index is -0.124. The van der Waals surface area contributed by atoms with E-state index in [0.717, 1.165) is 6.42 Å². The van der Waals surface area contributed by atoms with Gasteiger partial charge in [0.05, 0.1) is 5.92 Å². The molecule has 0 amide bonds. The Kier molecular flexibility index (Phi) is 3.32. The van der Waals surface area contributed by atoms with Gasteiger partial charge in [0.2, 0.25) is 0 Å². The smallest absolute Gasteiger partial charge is 0.308 e. The van der Waals surface area contributed by atoms with Gasteiger partial charge in [-0.3, -0.25) is 4.79 Å². The molecule has 0 radical (unpaired) electrons. The van der Waals surface area contributed by atoms with Crippen molar-refractivity contribution in [2.45, 2.75) is 27.2 Å². The summed E-state index contributed by atoms with van der Waals surface area (Å²) in [6, 6.07) is 8.36. The van der Waals surface area contributed by atoms with E-state index in [9.17, 15) is 4.79 Å². The third-order valence-electron chi connectivity index (χ3n) is 3.22. The summed E-state index contributed by atoms with van der Waals surface area (Å²) in [6.07, 6.45) is 0.910. The predicted molar refractivity (Wildman–Crippen MR) is 68.5 cm³/mol. The van der Waals surface area contributed by atoms with Gasteiger partial charge in [0.25, 0.3) is 0 Å². The molecule has 2 nitrogen and oxygen atoms in total. The fourth-order valence-electron chi connectivity index (χ4n) is 2.08. The molecule has 0 saturated carbocycles. The zero-order valence-corrected chi connectivity index (χ0v) is 10.6. The fraction of sp³-hybridized carbons (Fsp3) is 0.400. The van der Waals surface area contributed by atoms with Crippen molar-refractivity contribution >= 4 is 11.5 Å². The maximum Gasteiger partial charge on any atom is 0.308 e. The van der Waals surface area contributed by atoms with Gasteiger partial charge in [-0.25, -0.2) is 0 Å². The van der Waals surface area contributed by atoms with Crippen LogP contribution in [0.3, 0.4) is 0 Å². The van der Waals surface area contributed by atoms with Crippen LogP contribution in [-0.2, 0) is 16.0 Å². The number of fused-ring (bicyclic) bond motifs is 1. The molecule has 90 valence electrons. The first-order valence-electron chi connectivity index (χ1n) is 6.03. The Morgan fingerprint density at radius 2 is 2.06 bits per heavy atom. The standard InChI is InChI=1S/C15H18O2/c1-10(2)15(16)17-9-13-8-12-6-4-5-7-14(12)11(13)3/h4-7,10H,8-9H2,1-3H3. The van der Waals surface area contributed by atoms with E-state index in [2.05, 4.69) is 25.1 Å². The maximum absolute atomic E-state index is 11.4. The molecule has 0 aliphatic heterocycles. The first-order chi connectivity index (χ1) is 8.09. The maximum atomic E-state index is 11.4. The van der Waals surface area contributed by atoms with Crippen LogP contribution >= 0.6 is 0 Å². The molecule has 1 aromatic rings. The Labute approximate surface area is 102 Å². The number of ether oxygens (including phenoxy) is 1. The number of hydrogen-bond acceptors (Lipinski definition) is 2. The molecular formula is C15H18O2. The molecule has 0 fully saturated rings. The van der Waals surface area contributed by atoms with E-state index in [4.69, 9.17) is 4.74 Å². The Hall–Kier alpha value is -1.57. The van der Waals surface area contributed by atoms with Gasteiger partial charge < -0.3 is 4.74 Å². The van der Waals surface area contributed by atoms with Crippen molar-refractivity contribution < 1.29 is 9.53 Å². The van der Waals surface area contributed by atoms with Crippen molar-refractivity contribution in [3.8, 4) is 0 Å². The van der Waals surface area contributed by atoms with Crippen LogP contribution in [-0.4, -0.2) is 12.6 Å². The lowest BCUT2D eigenvalue weighted by molar-refractivity contribution is -0.146. The van der Waals surface area contributed by atoms with E-state index in [1.54, 1.807) is 0 Å². The van der Waals surface area contributed by atoms with Crippen LogP contribution in [0.4, 0.5) is 0 Å². The molecule has 1 aliphatic carbocycles. The van der Waals surface area contributed by atoms with Crippen molar-refractivity contribution in [2.24, 2.45) is 5.92 Å².